The summed E-state index contributed by atoms with van der Waals surface area (Å²) in [5, 5.41) is 2.86. The topological polar surface area (TPSA) is 82.7 Å². The van der Waals surface area contributed by atoms with Crippen LogP contribution in [0.3, 0.4) is 0 Å². The van der Waals surface area contributed by atoms with Gasteiger partial charge in [-0.15, -0.1) is 0 Å². The highest BCUT2D eigenvalue weighted by Gasteiger charge is 2.26. The van der Waals surface area contributed by atoms with Crippen LogP contribution in [0.4, 0.5) is 0 Å². The molecule has 0 unspecified atom stereocenters. The maximum atomic E-state index is 12.6. The predicted molar refractivity (Wildman–Crippen MR) is 95.9 cm³/mol. The van der Waals surface area contributed by atoms with E-state index in [1.807, 2.05) is 6.92 Å². The lowest BCUT2D eigenvalue weighted by Gasteiger charge is -2.19. The van der Waals surface area contributed by atoms with E-state index in [0.717, 1.165) is 37.8 Å². The number of unbranched alkanes of at least 4 members (excludes halogenated alkanes) is 1. The summed E-state index contributed by atoms with van der Waals surface area (Å²) in [6.45, 7) is 3.23. The first-order valence-electron chi connectivity index (χ1n) is 9.23. The van der Waals surface area contributed by atoms with E-state index in [2.05, 4.69) is 5.32 Å². The van der Waals surface area contributed by atoms with Gasteiger partial charge in [-0.25, -0.2) is 4.79 Å². The average molecular weight is 362 g/mol. The molecule has 0 saturated carbocycles. The van der Waals surface area contributed by atoms with Crippen molar-refractivity contribution in [2.75, 3.05) is 13.2 Å². The fraction of sp³-hybridized carbons (Fsp3) is 0.579. The molecule has 1 amide bonds. The Labute approximate surface area is 152 Å². The van der Waals surface area contributed by atoms with Crippen LogP contribution in [-0.2, 0) is 21.3 Å². The standard InChI is InChI=1S/C19H26N2O5/c1-3-4-7-16(18(22)20-12-13-6-5-9-24-13)26-19(23)15-11-17-14(21(15)2)8-10-25-17/h8,10-11,13,16H,3-7,9,12H2,1-2H3,(H,20,22)/t13-,16-/m0/s1. The molecule has 0 spiro atoms. The van der Waals surface area contributed by atoms with Crippen molar-refractivity contribution in [2.24, 2.45) is 7.05 Å². The minimum Gasteiger partial charge on any atom is -0.463 e. The number of carbonyl (C=O) groups is 2. The minimum atomic E-state index is -0.801. The van der Waals surface area contributed by atoms with Crippen LogP contribution < -0.4 is 5.32 Å². The number of fused-ring (bicyclic) bond motifs is 1. The first kappa shape index (κ1) is 18.5. The van der Waals surface area contributed by atoms with Gasteiger partial charge in [-0.3, -0.25) is 4.79 Å². The van der Waals surface area contributed by atoms with Crippen molar-refractivity contribution in [3.63, 3.8) is 0 Å². The smallest absolute Gasteiger partial charge is 0.355 e. The van der Waals surface area contributed by atoms with E-state index in [1.165, 1.54) is 0 Å². The molecule has 2 aromatic rings. The largest absolute Gasteiger partial charge is 0.463 e. The second-order valence-corrected chi connectivity index (χ2v) is 6.68. The summed E-state index contributed by atoms with van der Waals surface area (Å²) >= 11 is 0. The highest BCUT2D eigenvalue weighted by atomic mass is 16.5. The van der Waals surface area contributed by atoms with Crippen LogP contribution in [0.2, 0.25) is 0 Å². The lowest BCUT2D eigenvalue weighted by atomic mass is 10.1. The Morgan fingerprint density at radius 2 is 2.31 bits per heavy atom. The highest BCUT2D eigenvalue weighted by molar-refractivity contribution is 5.95. The lowest BCUT2D eigenvalue weighted by Crippen LogP contribution is -2.41. The molecule has 3 rings (SSSR count). The second kappa shape index (κ2) is 8.40. The number of nitrogens with zero attached hydrogens (tertiary/aromatic N) is 1. The third-order valence-corrected chi connectivity index (χ3v) is 4.76. The van der Waals surface area contributed by atoms with Gasteiger partial charge in [0.15, 0.2) is 11.7 Å². The number of aromatic nitrogens is 1. The van der Waals surface area contributed by atoms with Gasteiger partial charge < -0.3 is 23.8 Å². The van der Waals surface area contributed by atoms with Gasteiger partial charge in [0, 0.05) is 32.3 Å². The number of esters is 1. The number of aryl methyl sites for hydroxylation is 1. The molecule has 1 aliphatic rings. The number of ether oxygens (including phenoxy) is 2. The van der Waals surface area contributed by atoms with Crippen molar-refractivity contribution in [3.8, 4) is 0 Å². The average Bonchev–Trinajstić information content (AvgIpc) is 3.36. The zero-order valence-corrected chi connectivity index (χ0v) is 15.3. The van der Waals surface area contributed by atoms with Crippen molar-refractivity contribution in [1.82, 2.24) is 9.88 Å². The summed E-state index contributed by atoms with van der Waals surface area (Å²) in [5.41, 5.74) is 1.80. The molecule has 2 aromatic heterocycles. The third-order valence-electron chi connectivity index (χ3n) is 4.76. The molecular weight excluding hydrogens is 336 g/mol. The molecule has 142 valence electrons. The molecule has 3 heterocycles. The molecule has 0 bridgehead atoms. The number of amides is 1. The number of hydrogen-bond acceptors (Lipinski definition) is 5. The zero-order chi connectivity index (χ0) is 18.5. The fourth-order valence-corrected chi connectivity index (χ4v) is 3.20. The molecule has 1 aliphatic heterocycles. The third kappa shape index (κ3) is 4.09. The molecule has 2 atom stereocenters. The fourth-order valence-electron chi connectivity index (χ4n) is 3.20. The SMILES string of the molecule is CCCC[C@H](OC(=O)c1cc2occc2n1C)C(=O)NC[C@@H]1CCCO1. The Bertz CT molecular complexity index is 757. The molecule has 26 heavy (non-hydrogen) atoms. The van der Waals surface area contributed by atoms with E-state index >= 15 is 0 Å². The van der Waals surface area contributed by atoms with E-state index in [4.69, 9.17) is 13.9 Å². The van der Waals surface area contributed by atoms with Gasteiger partial charge in [0.2, 0.25) is 0 Å². The van der Waals surface area contributed by atoms with E-state index < -0.39 is 12.1 Å². The number of furan rings is 1. The van der Waals surface area contributed by atoms with Crippen LogP contribution in [0.25, 0.3) is 11.1 Å². The number of hydrogen-bond donors (Lipinski definition) is 1. The quantitative estimate of drug-likeness (QED) is 0.730. The minimum absolute atomic E-state index is 0.0567. The summed E-state index contributed by atoms with van der Waals surface area (Å²) in [6.07, 6.45) is 5.02. The Morgan fingerprint density at radius 3 is 3.00 bits per heavy atom. The normalized spacial score (nSPS) is 18.2. The molecule has 0 radical (unpaired) electrons. The van der Waals surface area contributed by atoms with Crippen LogP contribution in [-0.4, -0.2) is 41.8 Å². The monoisotopic (exact) mass is 362 g/mol. The van der Waals surface area contributed by atoms with E-state index in [0.29, 0.717) is 24.2 Å². The molecule has 7 nitrogen and oxygen atoms in total. The summed E-state index contributed by atoms with van der Waals surface area (Å²) in [6, 6.07) is 3.42. The van der Waals surface area contributed by atoms with Gasteiger partial charge in [0.1, 0.15) is 5.69 Å². The van der Waals surface area contributed by atoms with Crippen LogP contribution in [0.15, 0.2) is 22.8 Å². The van der Waals surface area contributed by atoms with Gasteiger partial charge in [-0.05, 0) is 25.7 Å². The van der Waals surface area contributed by atoms with Crippen LogP contribution in [0.1, 0.15) is 49.5 Å². The van der Waals surface area contributed by atoms with E-state index in [1.54, 1.807) is 30.0 Å². The maximum Gasteiger partial charge on any atom is 0.355 e. The maximum absolute atomic E-state index is 12.6. The molecular formula is C19H26N2O5. The lowest BCUT2D eigenvalue weighted by molar-refractivity contribution is -0.130. The van der Waals surface area contributed by atoms with Gasteiger partial charge in [-0.2, -0.15) is 0 Å². The predicted octanol–water partition coefficient (Wildman–Crippen LogP) is 2.78. The Kier molecular flexibility index (Phi) is 5.98. The Hall–Kier alpha value is -2.28. The molecule has 7 heteroatoms. The van der Waals surface area contributed by atoms with Gasteiger partial charge in [0.25, 0.3) is 5.91 Å². The number of nitrogens with one attached hydrogen (secondary N) is 1. The van der Waals surface area contributed by atoms with Gasteiger partial charge in [-0.1, -0.05) is 13.3 Å². The molecule has 1 N–H and O–H groups in total. The number of carbonyl (C=O) groups excluding carboxylic acids is 2. The summed E-state index contributed by atoms with van der Waals surface area (Å²) in [7, 11) is 1.77. The summed E-state index contributed by atoms with van der Waals surface area (Å²) in [5.74, 6) is -0.785. The second-order valence-electron chi connectivity index (χ2n) is 6.68. The van der Waals surface area contributed by atoms with Crippen LogP contribution >= 0.6 is 0 Å². The van der Waals surface area contributed by atoms with Crippen LogP contribution in [0.5, 0.6) is 0 Å². The van der Waals surface area contributed by atoms with Crippen molar-refractivity contribution >= 4 is 23.0 Å². The van der Waals surface area contributed by atoms with Crippen LogP contribution in [0, 0.1) is 0 Å². The molecule has 0 aromatic carbocycles. The van der Waals surface area contributed by atoms with Crippen molar-refractivity contribution in [2.45, 2.75) is 51.2 Å². The first-order valence-corrected chi connectivity index (χ1v) is 9.23. The highest BCUT2D eigenvalue weighted by Crippen LogP contribution is 2.21. The summed E-state index contributed by atoms with van der Waals surface area (Å²) < 4.78 is 18.1. The molecule has 1 fully saturated rings. The van der Waals surface area contributed by atoms with Gasteiger partial charge >= 0.3 is 5.97 Å². The van der Waals surface area contributed by atoms with Crippen molar-refractivity contribution in [1.29, 1.82) is 0 Å². The Morgan fingerprint density at radius 1 is 1.46 bits per heavy atom. The molecule has 1 saturated heterocycles. The van der Waals surface area contributed by atoms with Crippen molar-refractivity contribution < 1.29 is 23.5 Å². The van der Waals surface area contributed by atoms with E-state index in [9.17, 15) is 9.59 Å². The number of rotatable bonds is 8. The first-order chi connectivity index (χ1) is 12.6. The molecule has 0 aliphatic carbocycles. The van der Waals surface area contributed by atoms with E-state index in [-0.39, 0.29) is 12.0 Å². The zero-order valence-electron chi connectivity index (χ0n) is 15.3. The van der Waals surface area contributed by atoms with Gasteiger partial charge in [0.05, 0.1) is 17.9 Å². The summed E-state index contributed by atoms with van der Waals surface area (Å²) in [4.78, 5) is 25.1. The Balaban J connectivity index is 1.64. The van der Waals surface area contributed by atoms with Crippen molar-refractivity contribution in [3.05, 3.63) is 24.1 Å².